The lowest BCUT2D eigenvalue weighted by atomic mass is 10.00. The Morgan fingerprint density at radius 2 is 0.900 bits per heavy atom. The maximum absolute atomic E-state index is 9.40. The second-order valence-electron chi connectivity index (χ2n) is 11.7. The van der Waals surface area contributed by atoms with Gasteiger partial charge in [0.2, 0.25) is 0 Å². The van der Waals surface area contributed by atoms with Crippen molar-refractivity contribution in [3.63, 3.8) is 0 Å². The lowest BCUT2D eigenvalue weighted by molar-refractivity contribution is 0.663. The highest BCUT2D eigenvalue weighted by Crippen LogP contribution is 2.41. The van der Waals surface area contributed by atoms with Gasteiger partial charge in [-0.15, -0.1) is 0 Å². The van der Waals surface area contributed by atoms with Crippen LogP contribution in [0.3, 0.4) is 0 Å². The largest absolute Gasteiger partial charge is 0.456 e. The van der Waals surface area contributed by atoms with Crippen LogP contribution in [0, 0.1) is 0 Å². The average Bonchev–Trinajstić information content (AvgIpc) is 3.88. The number of hydrogen-bond acceptors (Lipinski definition) is 5. The molecule has 7 aromatic carbocycles. The van der Waals surface area contributed by atoms with Gasteiger partial charge in [-0.1, -0.05) is 127 Å². The Morgan fingerprint density at radius 3 is 1.62 bits per heavy atom. The number of fused-ring (bicyclic) bond motifs is 7. The fourth-order valence-corrected chi connectivity index (χ4v) is 6.25. The molecule has 3 aromatic heterocycles. The number of hydrogen-bond donors (Lipinski definition) is 0. The molecule has 5 nitrogen and oxygen atoms in total. The van der Waals surface area contributed by atoms with Crippen molar-refractivity contribution in [1.82, 2.24) is 15.0 Å². The van der Waals surface area contributed by atoms with Crippen LogP contribution in [0.4, 0.5) is 0 Å². The molecule has 234 valence electrons. The Bertz CT molecular complexity index is 3370. The minimum absolute atomic E-state index is 0.00332. The molecule has 0 unspecified atom stereocenters. The van der Waals surface area contributed by atoms with Crippen molar-refractivity contribution in [2.24, 2.45) is 0 Å². The van der Waals surface area contributed by atoms with Crippen molar-refractivity contribution in [3.05, 3.63) is 164 Å². The van der Waals surface area contributed by atoms with E-state index in [1.165, 1.54) is 0 Å². The van der Waals surface area contributed by atoms with E-state index < -0.39 is 36.3 Å². The third-order valence-corrected chi connectivity index (χ3v) is 8.66. The van der Waals surface area contributed by atoms with Crippen LogP contribution in [-0.4, -0.2) is 15.0 Å². The van der Waals surface area contributed by atoms with Crippen LogP contribution in [0.5, 0.6) is 0 Å². The van der Waals surface area contributed by atoms with Gasteiger partial charge in [-0.05, 0) is 58.5 Å². The van der Waals surface area contributed by atoms with E-state index in [0.717, 1.165) is 22.3 Å². The minimum Gasteiger partial charge on any atom is -0.456 e. The molecule has 0 aliphatic carbocycles. The first-order chi connectivity index (χ1) is 28.5. The fourth-order valence-electron chi connectivity index (χ4n) is 6.25. The molecule has 10 aromatic rings. The van der Waals surface area contributed by atoms with Gasteiger partial charge >= 0.3 is 0 Å². The summed E-state index contributed by atoms with van der Waals surface area (Å²) in [4.78, 5) is 14.6. The summed E-state index contributed by atoms with van der Waals surface area (Å²) in [5.74, 6) is 1.24. The molecule has 5 heteroatoms. The average molecular weight is 651 g/mol. The molecule has 0 saturated carbocycles. The zero-order valence-electron chi connectivity index (χ0n) is 35.1. The van der Waals surface area contributed by atoms with Crippen LogP contribution in [0.2, 0.25) is 0 Å². The Kier molecular flexibility index (Phi) is 4.67. The summed E-state index contributed by atoms with van der Waals surface area (Å²) >= 11 is 0. The highest BCUT2D eigenvalue weighted by molar-refractivity contribution is 6.25. The van der Waals surface area contributed by atoms with Gasteiger partial charge < -0.3 is 8.83 Å². The van der Waals surface area contributed by atoms with Crippen LogP contribution in [0.15, 0.2) is 172 Å². The summed E-state index contributed by atoms with van der Waals surface area (Å²) in [6.45, 7) is 0. The Morgan fingerprint density at radius 1 is 0.380 bits per heavy atom. The molecule has 10 rings (SSSR count). The van der Waals surface area contributed by atoms with Crippen LogP contribution < -0.4 is 0 Å². The third kappa shape index (κ3) is 4.75. The monoisotopic (exact) mass is 650 g/mol. The molecule has 0 aliphatic heterocycles. The summed E-state index contributed by atoms with van der Waals surface area (Å²) < 4.78 is 91.1. The minimum atomic E-state index is -0.524. The maximum atomic E-state index is 9.40. The normalized spacial score (nSPS) is 14.1. The summed E-state index contributed by atoms with van der Waals surface area (Å²) in [6, 6.07) is 30.9. The Balaban J connectivity index is 1.16. The van der Waals surface area contributed by atoms with Crippen molar-refractivity contribution in [2.45, 2.75) is 0 Å². The molecule has 0 saturated heterocycles. The number of para-hydroxylation sites is 1. The first-order valence-electron chi connectivity index (χ1n) is 20.4. The Hall–Kier alpha value is -6.85. The first-order valence-corrected chi connectivity index (χ1v) is 15.9. The summed E-state index contributed by atoms with van der Waals surface area (Å²) in [5, 5.41) is 0.0741. The van der Waals surface area contributed by atoms with E-state index in [2.05, 4.69) is 0 Å². The fraction of sp³-hybridized carbons (Fsp3) is 0. The van der Waals surface area contributed by atoms with Crippen molar-refractivity contribution in [1.29, 1.82) is 0 Å². The predicted octanol–water partition coefficient (Wildman–Crippen LogP) is 12.0. The Labute approximate surface area is 299 Å². The van der Waals surface area contributed by atoms with Gasteiger partial charge in [-0.3, -0.25) is 0 Å². The van der Waals surface area contributed by atoms with Gasteiger partial charge in [0.25, 0.3) is 0 Å². The number of nitrogens with zero attached hydrogens (tertiary/aromatic N) is 3. The smallest absolute Gasteiger partial charge is 0.164 e. The van der Waals surface area contributed by atoms with Crippen molar-refractivity contribution < 1.29 is 21.2 Å². The van der Waals surface area contributed by atoms with Gasteiger partial charge in [0.1, 0.15) is 22.3 Å². The van der Waals surface area contributed by atoms with E-state index in [9.17, 15) is 4.11 Å². The standard InChI is InChI=1S/C45H27N3O2/c1-3-10-28(11-4-1)29-18-20-31(21-19-29)44-46-43(30-12-5-2-6-13-30)47-45(48-44)34-15-9-14-32(26-34)33-22-23-36-40(27-33)50-39-25-24-38-41(42(36)39)35-16-7-8-17-37(35)49-38/h1-27H/i7D,8D,16D,17D,22D,23D,24D,25D,27D. The van der Waals surface area contributed by atoms with Crippen LogP contribution in [-0.2, 0) is 0 Å². The lowest BCUT2D eigenvalue weighted by Gasteiger charge is -2.10. The van der Waals surface area contributed by atoms with Gasteiger partial charge in [0.15, 0.2) is 17.5 Å². The lowest BCUT2D eigenvalue weighted by Crippen LogP contribution is -2.00. The quantitative estimate of drug-likeness (QED) is 0.185. The topological polar surface area (TPSA) is 65.0 Å². The summed E-state index contributed by atoms with van der Waals surface area (Å²) in [6.07, 6.45) is 0. The van der Waals surface area contributed by atoms with Gasteiger partial charge in [0.05, 0.1) is 12.3 Å². The number of rotatable bonds is 5. The molecule has 0 amide bonds. The van der Waals surface area contributed by atoms with Crippen LogP contribution in [0.1, 0.15) is 12.3 Å². The van der Waals surface area contributed by atoms with E-state index in [4.69, 9.17) is 32.0 Å². The molecule has 3 heterocycles. The zero-order chi connectivity index (χ0) is 40.9. The SMILES string of the molecule is [2H]c1c([2H])c([2H])c2c(oc3c([2H])c([2H])c4oc5c([2H])c(-c6cccc(-c7nc(-c8ccccc8)nc(-c8ccc(-c9ccccc9)cc8)n7)c6)c([2H])c([2H])c5c4c32)c1[2H]. The van der Waals surface area contributed by atoms with E-state index in [0.29, 0.717) is 28.6 Å². The molecule has 0 fully saturated rings. The molecule has 0 bridgehead atoms. The number of benzene rings is 7. The van der Waals surface area contributed by atoms with Gasteiger partial charge in [0, 0.05) is 38.2 Å². The van der Waals surface area contributed by atoms with Gasteiger partial charge in [-0.2, -0.15) is 0 Å². The highest BCUT2D eigenvalue weighted by Gasteiger charge is 2.17. The van der Waals surface area contributed by atoms with Crippen molar-refractivity contribution in [2.75, 3.05) is 0 Å². The maximum Gasteiger partial charge on any atom is 0.164 e. The highest BCUT2D eigenvalue weighted by atomic mass is 16.3. The van der Waals surface area contributed by atoms with E-state index in [1.807, 2.05) is 91.0 Å². The van der Waals surface area contributed by atoms with E-state index >= 15 is 0 Å². The molecule has 0 aliphatic rings. The number of aromatic nitrogens is 3. The second kappa shape index (κ2) is 11.4. The third-order valence-electron chi connectivity index (χ3n) is 8.66. The molecular weight excluding hydrogens is 615 g/mol. The number of furan rings is 2. The van der Waals surface area contributed by atoms with E-state index in [-0.39, 0.29) is 67.6 Å². The molecule has 0 N–H and O–H groups in total. The second-order valence-corrected chi connectivity index (χ2v) is 11.7. The predicted molar refractivity (Wildman–Crippen MR) is 202 cm³/mol. The molecule has 50 heavy (non-hydrogen) atoms. The molecular formula is C45H27N3O2. The zero-order valence-corrected chi connectivity index (χ0v) is 26.1. The van der Waals surface area contributed by atoms with Gasteiger partial charge in [-0.25, -0.2) is 15.0 Å². The molecule has 0 radical (unpaired) electrons. The van der Waals surface area contributed by atoms with E-state index in [1.54, 1.807) is 18.2 Å². The summed E-state index contributed by atoms with van der Waals surface area (Å²) in [5.41, 5.74) is 4.05. The first kappa shape index (κ1) is 20.5. The molecule has 0 atom stereocenters. The van der Waals surface area contributed by atoms with Crippen LogP contribution in [0.25, 0.3) is 100 Å². The van der Waals surface area contributed by atoms with Crippen LogP contribution >= 0.6 is 0 Å². The van der Waals surface area contributed by atoms with Crippen molar-refractivity contribution in [3.8, 4) is 56.4 Å². The molecule has 0 spiro atoms. The summed E-state index contributed by atoms with van der Waals surface area (Å²) in [7, 11) is 0. The van der Waals surface area contributed by atoms with Crippen molar-refractivity contribution >= 4 is 43.9 Å².